The molecule has 0 spiro atoms. The Hall–Kier alpha value is -2.40. The zero-order valence-corrected chi connectivity index (χ0v) is 11.3. The van der Waals surface area contributed by atoms with E-state index in [2.05, 4.69) is 15.3 Å². The van der Waals surface area contributed by atoms with Crippen LogP contribution in [0.1, 0.15) is 28.5 Å². The molecule has 0 radical (unpaired) electrons. The second-order valence-corrected chi connectivity index (χ2v) is 4.81. The van der Waals surface area contributed by atoms with Gasteiger partial charge in [0.25, 0.3) is 5.91 Å². The van der Waals surface area contributed by atoms with Crippen LogP contribution in [0, 0.1) is 0 Å². The molecule has 0 bridgehead atoms. The van der Waals surface area contributed by atoms with Crippen LogP contribution in [-0.4, -0.2) is 21.7 Å². The summed E-state index contributed by atoms with van der Waals surface area (Å²) in [6.45, 7) is 1.48. The van der Waals surface area contributed by atoms with E-state index in [0.717, 1.165) is 0 Å². The van der Waals surface area contributed by atoms with Crippen molar-refractivity contribution in [3.63, 3.8) is 0 Å². The Balaban J connectivity index is 2.13. The average molecular weight is 288 g/mol. The first-order valence-electron chi connectivity index (χ1n) is 5.93. The van der Waals surface area contributed by atoms with Crippen molar-refractivity contribution in [1.29, 1.82) is 0 Å². The van der Waals surface area contributed by atoms with Crippen LogP contribution in [0.5, 0.6) is 0 Å². The largest absolute Gasteiger partial charge is 0.361 e. The highest BCUT2D eigenvalue weighted by molar-refractivity contribution is 6.36. The molecular formula is C14H10ClN3O2. The van der Waals surface area contributed by atoms with Gasteiger partial charge in [0.2, 0.25) is 0 Å². The van der Waals surface area contributed by atoms with E-state index in [9.17, 15) is 9.59 Å². The number of ketones is 1. The van der Waals surface area contributed by atoms with E-state index in [4.69, 9.17) is 11.6 Å². The lowest BCUT2D eigenvalue weighted by Gasteiger charge is -1.99. The van der Waals surface area contributed by atoms with Gasteiger partial charge in [0.1, 0.15) is 5.15 Å². The second-order valence-electron chi connectivity index (χ2n) is 4.43. The molecule has 6 heteroatoms. The Bertz CT molecular complexity index is 762. The minimum Gasteiger partial charge on any atom is -0.361 e. The molecule has 1 aliphatic rings. The Morgan fingerprint density at radius 1 is 1.45 bits per heavy atom. The van der Waals surface area contributed by atoms with Gasteiger partial charge in [-0.1, -0.05) is 11.6 Å². The number of H-pyrrole nitrogens is 1. The lowest BCUT2D eigenvalue weighted by atomic mass is 10.1. The number of hydrogen-bond acceptors (Lipinski definition) is 3. The van der Waals surface area contributed by atoms with Gasteiger partial charge in [-0.3, -0.25) is 9.59 Å². The number of anilines is 1. The minimum absolute atomic E-state index is 0.0653. The molecule has 0 unspecified atom stereocenters. The number of nitrogens with one attached hydrogen (secondary N) is 2. The number of aromatic amines is 1. The summed E-state index contributed by atoms with van der Waals surface area (Å²) in [6.07, 6.45) is 4.82. The van der Waals surface area contributed by atoms with Gasteiger partial charge in [-0.2, -0.15) is 0 Å². The van der Waals surface area contributed by atoms with Gasteiger partial charge in [-0.15, -0.1) is 0 Å². The molecule has 2 aromatic rings. The van der Waals surface area contributed by atoms with Gasteiger partial charge >= 0.3 is 0 Å². The monoisotopic (exact) mass is 287 g/mol. The van der Waals surface area contributed by atoms with Crippen molar-refractivity contribution in [2.45, 2.75) is 6.92 Å². The van der Waals surface area contributed by atoms with Gasteiger partial charge in [-0.05, 0) is 25.1 Å². The normalized spacial score (nSPS) is 15.3. The Morgan fingerprint density at radius 3 is 3.00 bits per heavy atom. The second kappa shape index (κ2) is 4.61. The molecule has 2 N–H and O–H groups in total. The van der Waals surface area contributed by atoms with E-state index in [-0.39, 0.29) is 11.7 Å². The van der Waals surface area contributed by atoms with Crippen LogP contribution < -0.4 is 5.32 Å². The third kappa shape index (κ3) is 2.02. The highest BCUT2D eigenvalue weighted by Gasteiger charge is 2.25. The number of amides is 1. The fourth-order valence-corrected chi connectivity index (χ4v) is 2.32. The van der Waals surface area contributed by atoms with Gasteiger partial charge in [0, 0.05) is 23.0 Å². The molecule has 0 atom stereocenters. The fourth-order valence-electron chi connectivity index (χ4n) is 2.16. The van der Waals surface area contributed by atoms with Crippen LogP contribution in [0.25, 0.3) is 11.6 Å². The maximum Gasteiger partial charge on any atom is 0.256 e. The topological polar surface area (TPSA) is 74.8 Å². The maximum absolute atomic E-state index is 12.0. The van der Waals surface area contributed by atoms with Gasteiger partial charge in [0.15, 0.2) is 5.78 Å². The number of carbonyl (C=O) groups is 2. The van der Waals surface area contributed by atoms with Gasteiger partial charge in [0.05, 0.1) is 17.5 Å². The first-order chi connectivity index (χ1) is 9.56. The minimum atomic E-state index is -0.242. The highest BCUT2D eigenvalue weighted by atomic mass is 35.5. The van der Waals surface area contributed by atoms with E-state index < -0.39 is 0 Å². The van der Waals surface area contributed by atoms with Crippen molar-refractivity contribution in [3.05, 3.63) is 46.5 Å². The summed E-state index contributed by atoms with van der Waals surface area (Å²) in [6, 6.07) is 3.30. The fraction of sp³-hybridized carbons (Fsp3) is 0.0714. The molecule has 0 saturated carbocycles. The molecule has 0 aliphatic carbocycles. The van der Waals surface area contributed by atoms with Gasteiger partial charge < -0.3 is 10.3 Å². The maximum atomic E-state index is 12.0. The molecule has 2 aromatic heterocycles. The molecule has 1 aliphatic heterocycles. The molecule has 100 valence electrons. The van der Waals surface area contributed by atoms with E-state index in [0.29, 0.717) is 33.2 Å². The van der Waals surface area contributed by atoms with Crippen LogP contribution in [-0.2, 0) is 4.79 Å². The van der Waals surface area contributed by atoms with Crippen molar-refractivity contribution >= 4 is 40.6 Å². The summed E-state index contributed by atoms with van der Waals surface area (Å²) >= 11 is 5.86. The lowest BCUT2D eigenvalue weighted by molar-refractivity contribution is -0.110. The number of fused-ring (bicyclic) bond motifs is 1. The van der Waals surface area contributed by atoms with Gasteiger partial charge in [-0.25, -0.2) is 4.98 Å². The third-order valence-corrected chi connectivity index (χ3v) is 3.31. The predicted octanol–water partition coefficient (Wildman–Crippen LogP) is 2.76. The number of Topliss-reactive ketones (excluding diaryl/α,β-unsaturated/α-hetero) is 1. The summed E-state index contributed by atoms with van der Waals surface area (Å²) in [5.41, 5.74) is 2.89. The SMILES string of the molecule is CC(=O)c1cc[nH]c1/C=C1\C(=O)Nc2cnc(Cl)cc21. The summed E-state index contributed by atoms with van der Waals surface area (Å²) in [4.78, 5) is 30.4. The van der Waals surface area contributed by atoms with Crippen molar-refractivity contribution in [2.75, 3.05) is 5.32 Å². The highest BCUT2D eigenvalue weighted by Crippen LogP contribution is 2.34. The van der Waals surface area contributed by atoms with Crippen molar-refractivity contribution < 1.29 is 9.59 Å². The average Bonchev–Trinajstić information content (AvgIpc) is 2.96. The number of aromatic nitrogens is 2. The van der Waals surface area contributed by atoms with Crippen LogP contribution in [0.4, 0.5) is 5.69 Å². The smallest absolute Gasteiger partial charge is 0.256 e. The molecule has 5 nitrogen and oxygen atoms in total. The van der Waals surface area contributed by atoms with Crippen molar-refractivity contribution in [3.8, 4) is 0 Å². The third-order valence-electron chi connectivity index (χ3n) is 3.10. The van der Waals surface area contributed by atoms with E-state index in [1.165, 1.54) is 13.1 Å². The number of nitrogens with zero attached hydrogens (tertiary/aromatic N) is 1. The molecule has 20 heavy (non-hydrogen) atoms. The standard InChI is InChI=1S/C14H10ClN3O2/c1-7(19)8-2-3-16-11(8)4-10-9-5-13(15)17-6-12(9)18-14(10)20/h2-6,16H,1H3,(H,18,20)/b10-4-. The lowest BCUT2D eigenvalue weighted by Crippen LogP contribution is -2.04. The number of halogens is 1. The predicted molar refractivity (Wildman–Crippen MR) is 76.5 cm³/mol. The van der Waals surface area contributed by atoms with E-state index in [1.54, 1.807) is 24.4 Å². The summed E-state index contributed by atoms with van der Waals surface area (Å²) in [5.74, 6) is -0.308. The van der Waals surface area contributed by atoms with Crippen LogP contribution in [0.15, 0.2) is 24.5 Å². The number of hydrogen-bond donors (Lipinski definition) is 2. The van der Waals surface area contributed by atoms with Crippen molar-refractivity contribution in [2.24, 2.45) is 0 Å². The Morgan fingerprint density at radius 2 is 2.25 bits per heavy atom. The zero-order valence-electron chi connectivity index (χ0n) is 10.5. The molecule has 3 rings (SSSR count). The Labute approximate surface area is 119 Å². The van der Waals surface area contributed by atoms with Crippen molar-refractivity contribution in [1.82, 2.24) is 9.97 Å². The molecule has 0 fully saturated rings. The number of carbonyl (C=O) groups excluding carboxylic acids is 2. The number of pyridine rings is 1. The van der Waals surface area contributed by atoms with Crippen LogP contribution in [0.2, 0.25) is 5.15 Å². The van der Waals surface area contributed by atoms with E-state index in [1.807, 2.05) is 0 Å². The first kappa shape index (κ1) is 12.6. The Kier molecular flexibility index (Phi) is 2.91. The molecule has 1 amide bonds. The molecule has 3 heterocycles. The summed E-state index contributed by atoms with van der Waals surface area (Å²) < 4.78 is 0. The molecule has 0 aromatic carbocycles. The quantitative estimate of drug-likeness (QED) is 0.507. The van der Waals surface area contributed by atoms with E-state index >= 15 is 0 Å². The number of rotatable bonds is 2. The summed E-state index contributed by atoms with van der Waals surface area (Å²) in [7, 11) is 0. The summed E-state index contributed by atoms with van der Waals surface area (Å²) in [5, 5.41) is 3.02. The van der Waals surface area contributed by atoms with Crippen LogP contribution in [0.3, 0.4) is 0 Å². The molecule has 0 saturated heterocycles. The molecular weight excluding hydrogens is 278 g/mol. The zero-order chi connectivity index (χ0) is 14.3. The first-order valence-corrected chi connectivity index (χ1v) is 6.31. The van der Waals surface area contributed by atoms with Crippen LogP contribution >= 0.6 is 11.6 Å².